The Kier molecular flexibility index (Phi) is 4.08. The van der Waals surface area contributed by atoms with Crippen LogP contribution in [0.25, 0.3) is 0 Å². The molecule has 0 spiro atoms. The first-order valence-electron chi connectivity index (χ1n) is 7.20. The van der Waals surface area contributed by atoms with Gasteiger partial charge in [-0.25, -0.2) is 5.43 Å². The van der Waals surface area contributed by atoms with Gasteiger partial charge in [-0.1, -0.05) is 35.9 Å². The number of rotatable bonds is 3. The highest BCUT2D eigenvalue weighted by Gasteiger charge is 2.17. The summed E-state index contributed by atoms with van der Waals surface area (Å²) in [5, 5.41) is 0. The molecule has 0 aliphatic carbocycles. The van der Waals surface area contributed by atoms with Crippen molar-refractivity contribution in [3.63, 3.8) is 0 Å². The first-order chi connectivity index (χ1) is 10.3. The number of aryl methyl sites for hydroxylation is 1. The molecule has 110 valence electrons. The van der Waals surface area contributed by atoms with Crippen LogP contribution in [0.2, 0.25) is 0 Å². The Hall–Kier alpha value is -2.04. The fraction of sp³-hybridized carbons (Fsp3) is 0.294. The van der Waals surface area contributed by atoms with Gasteiger partial charge >= 0.3 is 0 Å². The molecule has 1 aliphatic heterocycles. The summed E-state index contributed by atoms with van der Waals surface area (Å²) in [5.74, 6) is 7.36. The molecule has 2 aromatic rings. The van der Waals surface area contributed by atoms with Crippen LogP contribution in [0.3, 0.4) is 0 Å². The zero-order valence-corrected chi connectivity index (χ0v) is 12.1. The minimum Gasteiger partial charge on any atom is -0.490 e. The standard InChI is InChI=1S/C17H20N2O2/c1-12-4-2-5-13(10-12)17(19-18)14-6-7-15-16(11-14)21-9-3-8-20-15/h2,4-7,10-11,17,19H,3,8-9,18H2,1H3. The number of nitrogens with one attached hydrogen (secondary N) is 1. The smallest absolute Gasteiger partial charge is 0.161 e. The molecule has 1 aliphatic rings. The van der Waals surface area contributed by atoms with E-state index in [9.17, 15) is 0 Å². The van der Waals surface area contributed by atoms with Crippen LogP contribution in [-0.4, -0.2) is 13.2 Å². The Morgan fingerprint density at radius 2 is 1.76 bits per heavy atom. The van der Waals surface area contributed by atoms with E-state index in [2.05, 4.69) is 30.5 Å². The van der Waals surface area contributed by atoms with Crippen LogP contribution in [0.1, 0.15) is 29.2 Å². The number of nitrogens with two attached hydrogens (primary N) is 1. The van der Waals surface area contributed by atoms with Crippen LogP contribution in [0.15, 0.2) is 42.5 Å². The molecule has 2 aromatic carbocycles. The van der Waals surface area contributed by atoms with E-state index in [1.807, 2.05) is 24.3 Å². The second-order valence-corrected chi connectivity index (χ2v) is 5.27. The summed E-state index contributed by atoms with van der Waals surface area (Å²) in [4.78, 5) is 0. The molecule has 4 heteroatoms. The SMILES string of the molecule is Cc1cccc(C(NN)c2ccc3c(c2)OCCCO3)c1. The van der Waals surface area contributed by atoms with Crippen LogP contribution in [0.4, 0.5) is 0 Å². The van der Waals surface area contributed by atoms with Crippen molar-refractivity contribution < 1.29 is 9.47 Å². The van der Waals surface area contributed by atoms with Crippen LogP contribution in [-0.2, 0) is 0 Å². The maximum absolute atomic E-state index is 5.77. The summed E-state index contributed by atoms with van der Waals surface area (Å²) in [6.07, 6.45) is 0.903. The van der Waals surface area contributed by atoms with Crippen molar-refractivity contribution in [1.82, 2.24) is 5.43 Å². The first kappa shape index (κ1) is 13.9. The highest BCUT2D eigenvalue weighted by molar-refractivity contribution is 5.46. The summed E-state index contributed by atoms with van der Waals surface area (Å²) in [6, 6.07) is 14.2. The Labute approximate surface area is 124 Å². The molecule has 0 saturated heterocycles. The van der Waals surface area contributed by atoms with Gasteiger partial charge in [-0.05, 0) is 30.2 Å². The monoisotopic (exact) mass is 284 g/mol. The summed E-state index contributed by atoms with van der Waals surface area (Å²) in [6.45, 7) is 3.45. The summed E-state index contributed by atoms with van der Waals surface area (Å²) >= 11 is 0. The summed E-state index contributed by atoms with van der Waals surface area (Å²) in [7, 11) is 0. The molecule has 3 N–H and O–H groups in total. The number of fused-ring (bicyclic) bond motifs is 1. The van der Waals surface area contributed by atoms with Crippen LogP contribution < -0.4 is 20.7 Å². The first-order valence-corrected chi connectivity index (χ1v) is 7.20. The van der Waals surface area contributed by atoms with Gasteiger partial charge in [0.25, 0.3) is 0 Å². The van der Waals surface area contributed by atoms with Gasteiger partial charge in [0.1, 0.15) is 0 Å². The molecule has 1 heterocycles. The van der Waals surface area contributed by atoms with E-state index in [1.54, 1.807) is 0 Å². The molecule has 0 amide bonds. The molecule has 0 bridgehead atoms. The molecule has 0 radical (unpaired) electrons. The maximum atomic E-state index is 5.77. The number of hydrogen-bond donors (Lipinski definition) is 2. The molecule has 4 nitrogen and oxygen atoms in total. The lowest BCUT2D eigenvalue weighted by atomic mass is 9.97. The fourth-order valence-corrected chi connectivity index (χ4v) is 2.59. The van der Waals surface area contributed by atoms with Gasteiger partial charge in [0.2, 0.25) is 0 Å². The fourth-order valence-electron chi connectivity index (χ4n) is 2.59. The molecule has 21 heavy (non-hydrogen) atoms. The third-order valence-electron chi connectivity index (χ3n) is 3.65. The third kappa shape index (κ3) is 3.01. The van der Waals surface area contributed by atoms with Gasteiger partial charge in [-0.15, -0.1) is 0 Å². The van der Waals surface area contributed by atoms with E-state index in [0.29, 0.717) is 13.2 Å². The molecule has 0 saturated carbocycles. The third-order valence-corrected chi connectivity index (χ3v) is 3.65. The van der Waals surface area contributed by atoms with Crippen molar-refractivity contribution in [1.29, 1.82) is 0 Å². The Bertz CT molecular complexity index is 628. The molecule has 1 unspecified atom stereocenters. The average Bonchev–Trinajstić information content (AvgIpc) is 2.73. The topological polar surface area (TPSA) is 56.5 Å². The van der Waals surface area contributed by atoms with Gasteiger partial charge in [0, 0.05) is 6.42 Å². The highest BCUT2D eigenvalue weighted by atomic mass is 16.5. The van der Waals surface area contributed by atoms with Gasteiger partial charge < -0.3 is 9.47 Å². The van der Waals surface area contributed by atoms with Gasteiger partial charge in [0.05, 0.1) is 19.3 Å². The lowest BCUT2D eigenvalue weighted by Gasteiger charge is -2.19. The minimum absolute atomic E-state index is 0.0675. The van der Waals surface area contributed by atoms with E-state index >= 15 is 0 Å². The summed E-state index contributed by atoms with van der Waals surface area (Å²) < 4.78 is 11.4. The maximum Gasteiger partial charge on any atom is 0.161 e. The lowest BCUT2D eigenvalue weighted by Crippen LogP contribution is -2.28. The van der Waals surface area contributed by atoms with Crippen molar-refractivity contribution in [2.24, 2.45) is 5.84 Å². The van der Waals surface area contributed by atoms with Crippen molar-refractivity contribution in [3.8, 4) is 11.5 Å². The summed E-state index contributed by atoms with van der Waals surface area (Å²) in [5.41, 5.74) is 6.29. The second-order valence-electron chi connectivity index (χ2n) is 5.27. The molecule has 0 fully saturated rings. The Balaban J connectivity index is 1.96. The predicted octanol–water partition coefficient (Wildman–Crippen LogP) is 2.71. The molecule has 3 rings (SSSR count). The molecule has 1 atom stereocenters. The molecular weight excluding hydrogens is 264 g/mol. The lowest BCUT2D eigenvalue weighted by molar-refractivity contribution is 0.297. The Morgan fingerprint density at radius 3 is 2.52 bits per heavy atom. The van der Waals surface area contributed by atoms with E-state index < -0.39 is 0 Å². The molecular formula is C17H20N2O2. The van der Waals surface area contributed by atoms with Gasteiger partial charge in [0.15, 0.2) is 11.5 Å². The number of hydrogen-bond acceptors (Lipinski definition) is 4. The van der Waals surface area contributed by atoms with Crippen molar-refractivity contribution in [2.45, 2.75) is 19.4 Å². The minimum atomic E-state index is -0.0675. The van der Waals surface area contributed by atoms with E-state index in [1.165, 1.54) is 5.56 Å². The zero-order chi connectivity index (χ0) is 14.7. The van der Waals surface area contributed by atoms with Crippen molar-refractivity contribution in [2.75, 3.05) is 13.2 Å². The highest BCUT2D eigenvalue weighted by Crippen LogP contribution is 2.33. The number of hydrazine groups is 1. The predicted molar refractivity (Wildman–Crippen MR) is 82.4 cm³/mol. The number of benzene rings is 2. The Morgan fingerprint density at radius 1 is 1.00 bits per heavy atom. The van der Waals surface area contributed by atoms with Crippen molar-refractivity contribution in [3.05, 3.63) is 59.2 Å². The van der Waals surface area contributed by atoms with Gasteiger partial charge in [-0.2, -0.15) is 0 Å². The van der Waals surface area contributed by atoms with Crippen LogP contribution in [0.5, 0.6) is 11.5 Å². The quantitative estimate of drug-likeness (QED) is 0.672. The van der Waals surface area contributed by atoms with E-state index in [0.717, 1.165) is 29.0 Å². The largest absolute Gasteiger partial charge is 0.490 e. The van der Waals surface area contributed by atoms with Gasteiger partial charge in [-0.3, -0.25) is 5.84 Å². The van der Waals surface area contributed by atoms with Crippen molar-refractivity contribution >= 4 is 0 Å². The van der Waals surface area contributed by atoms with E-state index in [-0.39, 0.29) is 6.04 Å². The zero-order valence-electron chi connectivity index (χ0n) is 12.1. The van der Waals surface area contributed by atoms with E-state index in [4.69, 9.17) is 15.3 Å². The van der Waals surface area contributed by atoms with Crippen LogP contribution in [0, 0.1) is 6.92 Å². The second kappa shape index (κ2) is 6.16. The average molecular weight is 284 g/mol. The van der Waals surface area contributed by atoms with Crippen LogP contribution >= 0.6 is 0 Å². The molecule has 0 aromatic heterocycles. The number of ether oxygens (including phenoxy) is 2. The normalized spacial score (nSPS) is 15.3.